The van der Waals surface area contributed by atoms with Crippen LogP contribution < -0.4 is 10.6 Å². The first-order valence-electron chi connectivity index (χ1n) is 7.03. The number of carbonyl (C=O) groups is 1. The first-order valence-corrected chi connectivity index (χ1v) is 7.03. The molecule has 102 valence electrons. The van der Waals surface area contributed by atoms with Crippen molar-refractivity contribution in [3.63, 3.8) is 0 Å². The van der Waals surface area contributed by atoms with Crippen molar-refractivity contribution in [1.29, 1.82) is 0 Å². The number of hydrogen-bond acceptors (Lipinski definition) is 3. The minimum Gasteiger partial charge on any atom is -0.381 e. The van der Waals surface area contributed by atoms with E-state index < -0.39 is 0 Å². The lowest BCUT2D eigenvalue weighted by Crippen LogP contribution is -2.43. The van der Waals surface area contributed by atoms with Crippen LogP contribution in [0.4, 0.5) is 5.69 Å². The molecule has 2 aliphatic heterocycles. The van der Waals surface area contributed by atoms with E-state index in [4.69, 9.17) is 4.74 Å². The number of amides is 1. The second kappa shape index (κ2) is 5.61. The van der Waals surface area contributed by atoms with Crippen molar-refractivity contribution in [2.45, 2.75) is 25.3 Å². The van der Waals surface area contributed by atoms with E-state index in [0.29, 0.717) is 5.92 Å². The van der Waals surface area contributed by atoms with Gasteiger partial charge in [0.05, 0.1) is 6.61 Å². The number of aryl methyl sites for hydroxylation is 1. The molecule has 4 heteroatoms. The van der Waals surface area contributed by atoms with Crippen LogP contribution in [0.1, 0.15) is 18.4 Å². The van der Waals surface area contributed by atoms with E-state index in [1.165, 1.54) is 5.56 Å². The molecule has 0 saturated carbocycles. The Balaban J connectivity index is 1.54. The highest BCUT2D eigenvalue weighted by molar-refractivity contribution is 5.85. The number of hydrogen-bond donors (Lipinski definition) is 2. The molecule has 0 aliphatic carbocycles. The Morgan fingerprint density at radius 3 is 3.11 bits per heavy atom. The summed E-state index contributed by atoms with van der Waals surface area (Å²) in [5.41, 5.74) is 2.40. The van der Waals surface area contributed by atoms with Gasteiger partial charge in [-0.2, -0.15) is 0 Å². The van der Waals surface area contributed by atoms with E-state index in [0.717, 1.165) is 44.7 Å². The van der Waals surface area contributed by atoms with Gasteiger partial charge < -0.3 is 15.4 Å². The summed E-state index contributed by atoms with van der Waals surface area (Å²) in [7, 11) is 0. The number of para-hydroxylation sites is 1. The fraction of sp³-hybridized carbons (Fsp3) is 0.533. The van der Waals surface area contributed by atoms with Crippen molar-refractivity contribution < 1.29 is 9.53 Å². The summed E-state index contributed by atoms with van der Waals surface area (Å²) in [6, 6.07) is 8.10. The lowest BCUT2D eigenvalue weighted by Gasteiger charge is -2.26. The highest BCUT2D eigenvalue weighted by atomic mass is 16.5. The number of nitrogens with one attached hydrogen (secondary N) is 2. The molecule has 0 bridgehead atoms. The molecule has 2 heterocycles. The van der Waals surface area contributed by atoms with Gasteiger partial charge in [-0.1, -0.05) is 18.2 Å². The van der Waals surface area contributed by atoms with Crippen LogP contribution >= 0.6 is 0 Å². The highest BCUT2D eigenvalue weighted by Gasteiger charge is 2.24. The zero-order chi connectivity index (χ0) is 13.1. The Bertz CT molecular complexity index is 455. The summed E-state index contributed by atoms with van der Waals surface area (Å²) in [5.74, 6) is 0.598. The van der Waals surface area contributed by atoms with Gasteiger partial charge in [-0.05, 0) is 30.9 Å². The molecule has 2 atom stereocenters. The first kappa shape index (κ1) is 12.5. The lowest BCUT2D eigenvalue weighted by molar-refractivity contribution is -0.122. The van der Waals surface area contributed by atoms with E-state index >= 15 is 0 Å². The van der Waals surface area contributed by atoms with Crippen LogP contribution in [-0.2, 0) is 16.0 Å². The molecule has 1 aromatic carbocycles. The van der Waals surface area contributed by atoms with Crippen molar-refractivity contribution in [2.24, 2.45) is 5.92 Å². The summed E-state index contributed by atoms with van der Waals surface area (Å²) in [5, 5.41) is 6.37. The molecule has 2 N–H and O–H groups in total. The van der Waals surface area contributed by atoms with Gasteiger partial charge >= 0.3 is 0 Å². The highest BCUT2D eigenvalue weighted by Crippen LogP contribution is 2.24. The summed E-state index contributed by atoms with van der Waals surface area (Å²) < 4.78 is 5.31. The molecule has 0 spiro atoms. The summed E-state index contributed by atoms with van der Waals surface area (Å²) in [4.78, 5) is 12.2. The normalized spacial score (nSPS) is 25.5. The van der Waals surface area contributed by atoms with Crippen LogP contribution in [0.15, 0.2) is 24.3 Å². The zero-order valence-electron chi connectivity index (χ0n) is 11.0. The quantitative estimate of drug-likeness (QED) is 0.867. The first-order chi connectivity index (χ1) is 9.33. The van der Waals surface area contributed by atoms with Crippen LogP contribution in [-0.4, -0.2) is 31.7 Å². The summed E-state index contributed by atoms with van der Waals surface area (Å²) >= 11 is 0. The monoisotopic (exact) mass is 260 g/mol. The van der Waals surface area contributed by atoms with Gasteiger partial charge in [-0.15, -0.1) is 0 Å². The number of fused-ring (bicyclic) bond motifs is 1. The van der Waals surface area contributed by atoms with E-state index in [9.17, 15) is 4.79 Å². The molecular formula is C15H20N2O2. The Morgan fingerprint density at radius 1 is 1.37 bits per heavy atom. The van der Waals surface area contributed by atoms with Crippen molar-refractivity contribution >= 4 is 11.6 Å². The number of anilines is 1. The van der Waals surface area contributed by atoms with Crippen LogP contribution in [0.5, 0.6) is 0 Å². The Hall–Kier alpha value is -1.55. The average molecular weight is 260 g/mol. The van der Waals surface area contributed by atoms with Crippen LogP contribution in [0.2, 0.25) is 0 Å². The molecule has 4 nitrogen and oxygen atoms in total. The molecule has 3 rings (SSSR count). The van der Waals surface area contributed by atoms with Gasteiger partial charge in [0.2, 0.25) is 5.91 Å². The third-order valence-corrected chi connectivity index (χ3v) is 3.95. The Kier molecular flexibility index (Phi) is 3.69. The molecular weight excluding hydrogens is 240 g/mol. The smallest absolute Gasteiger partial charge is 0.242 e. The van der Waals surface area contributed by atoms with Crippen LogP contribution in [0, 0.1) is 5.92 Å². The summed E-state index contributed by atoms with van der Waals surface area (Å²) in [6.45, 7) is 2.34. The van der Waals surface area contributed by atoms with E-state index in [1.54, 1.807) is 0 Å². The topological polar surface area (TPSA) is 50.4 Å². The predicted molar refractivity (Wildman–Crippen MR) is 74.1 cm³/mol. The maximum atomic E-state index is 12.2. The standard InChI is InChI=1S/C15H20N2O2/c18-15(16-9-11-7-8-19-10-11)14-6-5-12-3-1-2-4-13(12)17-14/h1-4,11,14,17H,5-10H2,(H,16,18). The van der Waals surface area contributed by atoms with Gasteiger partial charge in [-0.25, -0.2) is 0 Å². The molecule has 1 fully saturated rings. The van der Waals surface area contributed by atoms with Crippen molar-refractivity contribution in [1.82, 2.24) is 5.32 Å². The van der Waals surface area contributed by atoms with E-state index in [-0.39, 0.29) is 11.9 Å². The molecule has 0 aromatic heterocycles. The van der Waals surface area contributed by atoms with Crippen LogP contribution in [0.3, 0.4) is 0 Å². The van der Waals surface area contributed by atoms with Gasteiger partial charge in [0.15, 0.2) is 0 Å². The molecule has 2 unspecified atom stereocenters. The number of ether oxygens (including phenoxy) is 1. The molecule has 1 aromatic rings. The van der Waals surface area contributed by atoms with Crippen molar-refractivity contribution in [2.75, 3.05) is 25.1 Å². The van der Waals surface area contributed by atoms with Gasteiger partial charge in [0.25, 0.3) is 0 Å². The molecule has 19 heavy (non-hydrogen) atoms. The van der Waals surface area contributed by atoms with Crippen molar-refractivity contribution in [3.05, 3.63) is 29.8 Å². The Morgan fingerprint density at radius 2 is 2.26 bits per heavy atom. The second-order valence-electron chi connectivity index (χ2n) is 5.37. The van der Waals surface area contributed by atoms with Crippen molar-refractivity contribution in [3.8, 4) is 0 Å². The predicted octanol–water partition coefficient (Wildman–Crippen LogP) is 1.57. The van der Waals surface area contributed by atoms with Gasteiger partial charge in [0, 0.05) is 24.8 Å². The molecule has 1 amide bonds. The minimum absolute atomic E-state index is 0.0998. The van der Waals surface area contributed by atoms with E-state index in [1.807, 2.05) is 18.2 Å². The largest absolute Gasteiger partial charge is 0.381 e. The maximum absolute atomic E-state index is 12.2. The third-order valence-electron chi connectivity index (χ3n) is 3.95. The zero-order valence-corrected chi connectivity index (χ0v) is 11.0. The maximum Gasteiger partial charge on any atom is 0.242 e. The SMILES string of the molecule is O=C(NCC1CCOC1)C1CCc2ccccc2N1. The third kappa shape index (κ3) is 2.89. The molecule has 0 radical (unpaired) electrons. The molecule has 2 aliphatic rings. The summed E-state index contributed by atoms with van der Waals surface area (Å²) in [6.07, 6.45) is 2.89. The minimum atomic E-state index is -0.0998. The lowest BCUT2D eigenvalue weighted by atomic mass is 9.97. The number of carbonyl (C=O) groups excluding carboxylic acids is 1. The van der Waals surface area contributed by atoms with Crippen LogP contribution in [0.25, 0.3) is 0 Å². The fourth-order valence-corrected chi connectivity index (χ4v) is 2.75. The van der Waals surface area contributed by atoms with Gasteiger partial charge in [-0.3, -0.25) is 4.79 Å². The number of rotatable bonds is 3. The Labute approximate surface area is 113 Å². The van der Waals surface area contributed by atoms with Gasteiger partial charge in [0.1, 0.15) is 6.04 Å². The second-order valence-corrected chi connectivity index (χ2v) is 5.37. The average Bonchev–Trinajstić information content (AvgIpc) is 2.97. The molecule has 1 saturated heterocycles. The van der Waals surface area contributed by atoms with E-state index in [2.05, 4.69) is 16.7 Å². The number of benzene rings is 1. The fourth-order valence-electron chi connectivity index (χ4n) is 2.75.